The number of carbonyl (C=O) groups is 2. The molecule has 5 nitrogen and oxygen atoms in total. The topological polar surface area (TPSA) is 64.6 Å². The molecule has 3 rings (SSSR count). The first-order chi connectivity index (χ1) is 13.0. The van der Waals surface area contributed by atoms with Gasteiger partial charge in [0.15, 0.2) is 6.10 Å². The number of nitrogens with one attached hydrogen (secondary N) is 1. The minimum absolute atomic E-state index is 0.297. The van der Waals surface area contributed by atoms with E-state index in [1.807, 2.05) is 0 Å². The van der Waals surface area contributed by atoms with Crippen LogP contribution in [0.25, 0.3) is 0 Å². The van der Waals surface area contributed by atoms with Crippen molar-refractivity contribution in [1.82, 2.24) is 0 Å². The van der Waals surface area contributed by atoms with Gasteiger partial charge in [0.25, 0.3) is 5.91 Å². The number of thiophene rings is 1. The number of hydrogen-bond acceptors (Lipinski definition) is 5. The van der Waals surface area contributed by atoms with Gasteiger partial charge in [-0.25, -0.2) is 4.79 Å². The predicted molar refractivity (Wildman–Crippen MR) is 107 cm³/mol. The van der Waals surface area contributed by atoms with E-state index < -0.39 is 6.10 Å². The van der Waals surface area contributed by atoms with Crippen molar-refractivity contribution in [3.05, 3.63) is 45.3 Å². The SMILES string of the molecule is CCOC(=O)c1c(NC(=O)C(C)Oc2cccc(Cl)c2)sc2c1CCCC2. The van der Waals surface area contributed by atoms with E-state index in [0.29, 0.717) is 27.9 Å². The number of fused-ring (bicyclic) bond motifs is 1. The summed E-state index contributed by atoms with van der Waals surface area (Å²) in [5.41, 5.74) is 1.52. The normalized spacial score (nSPS) is 14.2. The molecule has 0 aliphatic heterocycles. The molecule has 1 aromatic carbocycles. The molecule has 1 aromatic heterocycles. The summed E-state index contributed by atoms with van der Waals surface area (Å²) in [5.74, 6) is -0.184. The zero-order chi connectivity index (χ0) is 19.4. The Hall–Kier alpha value is -2.05. The standard InChI is InChI=1S/C20H22ClNO4S/c1-3-25-20(24)17-15-9-4-5-10-16(15)27-19(17)22-18(23)12(2)26-14-8-6-7-13(21)11-14/h6-8,11-12H,3-5,9-10H2,1-2H3,(H,22,23). The number of hydrogen-bond donors (Lipinski definition) is 1. The number of esters is 1. The highest BCUT2D eigenvalue weighted by molar-refractivity contribution is 7.17. The Morgan fingerprint density at radius 3 is 2.81 bits per heavy atom. The summed E-state index contributed by atoms with van der Waals surface area (Å²) in [6, 6.07) is 6.89. The van der Waals surface area contributed by atoms with Gasteiger partial charge in [-0.05, 0) is 63.3 Å². The quantitative estimate of drug-likeness (QED) is 0.694. The lowest BCUT2D eigenvalue weighted by molar-refractivity contribution is -0.122. The molecule has 1 heterocycles. The van der Waals surface area contributed by atoms with Gasteiger partial charge in [-0.1, -0.05) is 17.7 Å². The molecular formula is C20H22ClNO4S. The second-order valence-electron chi connectivity index (χ2n) is 6.34. The van der Waals surface area contributed by atoms with Crippen LogP contribution < -0.4 is 10.1 Å². The second kappa shape index (κ2) is 8.76. The van der Waals surface area contributed by atoms with Crippen LogP contribution in [-0.4, -0.2) is 24.6 Å². The minimum Gasteiger partial charge on any atom is -0.481 e. The van der Waals surface area contributed by atoms with Crippen molar-refractivity contribution in [2.75, 3.05) is 11.9 Å². The predicted octanol–water partition coefficient (Wildman–Crippen LogP) is 4.86. The number of aryl methyl sites for hydroxylation is 1. The molecule has 0 fully saturated rings. The van der Waals surface area contributed by atoms with Gasteiger partial charge in [0, 0.05) is 9.90 Å². The first-order valence-electron chi connectivity index (χ1n) is 9.04. The zero-order valence-electron chi connectivity index (χ0n) is 15.3. The molecule has 0 radical (unpaired) electrons. The summed E-state index contributed by atoms with van der Waals surface area (Å²) < 4.78 is 10.9. The molecule has 27 heavy (non-hydrogen) atoms. The van der Waals surface area contributed by atoms with E-state index in [1.54, 1.807) is 38.1 Å². The Bertz CT molecular complexity index is 849. The highest BCUT2D eigenvalue weighted by Gasteiger charge is 2.28. The molecule has 2 aromatic rings. The fraction of sp³-hybridized carbons (Fsp3) is 0.400. The number of anilines is 1. The van der Waals surface area contributed by atoms with Crippen LogP contribution in [0.15, 0.2) is 24.3 Å². The molecule has 1 atom stereocenters. The Labute approximate surface area is 167 Å². The van der Waals surface area contributed by atoms with Crippen molar-refractivity contribution in [1.29, 1.82) is 0 Å². The largest absolute Gasteiger partial charge is 0.481 e. The van der Waals surface area contributed by atoms with Gasteiger partial charge in [-0.3, -0.25) is 4.79 Å². The molecule has 1 N–H and O–H groups in total. The van der Waals surface area contributed by atoms with Crippen LogP contribution in [0, 0.1) is 0 Å². The van der Waals surface area contributed by atoms with Gasteiger partial charge in [0.2, 0.25) is 0 Å². The number of ether oxygens (including phenoxy) is 2. The van der Waals surface area contributed by atoms with Gasteiger partial charge in [-0.15, -0.1) is 11.3 Å². The maximum Gasteiger partial charge on any atom is 0.341 e. The zero-order valence-corrected chi connectivity index (χ0v) is 16.9. The van der Waals surface area contributed by atoms with Crippen molar-refractivity contribution in [2.24, 2.45) is 0 Å². The fourth-order valence-electron chi connectivity index (χ4n) is 3.08. The van der Waals surface area contributed by atoms with Crippen molar-refractivity contribution in [3.8, 4) is 5.75 Å². The summed E-state index contributed by atoms with van der Waals surface area (Å²) >= 11 is 7.41. The number of carbonyl (C=O) groups excluding carboxylic acids is 2. The Morgan fingerprint density at radius 2 is 2.07 bits per heavy atom. The average molecular weight is 408 g/mol. The third-order valence-electron chi connectivity index (χ3n) is 4.37. The van der Waals surface area contributed by atoms with Gasteiger partial charge >= 0.3 is 5.97 Å². The molecule has 0 spiro atoms. The molecule has 7 heteroatoms. The summed E-state index contributed by atoms with van der Waals surface area (Å²) in [5, 5.41) is 3.95. The molecule has 0 bridgehead atoms. The van der Waals surface area contributed by atoms with Gasteiger partial charge in [0.1, 0.15) is 10.8 Å². The van der Waals surface area contributed by atoms with Crippen molar-refractivity contribution >= 4 is 39.8 Å². The first kappa shape index (κ1) is 19.7. The molecular weight excluding hydrogens is 386 g/mol. The lowest BCUT2D eigenvalue weighted by atomic mass is 9.95. The molecule has 1 amide bonds. The fourth-order valence-corrected chi connectivity index (χ4v) is 4.55. The van der Waals surface area contributed by atoms with Crippen LogP contribution >= 0.6 is 22.9 Å². The lowest BCUT2D eigenvalue weighted by Gasteiger charge is -2.15. The van der Waals surface area contributed by atoms with E-state index in [0.717, 1.165) is 36.1 Å². The number of rotatable bonds is 6. The van der Waals surface area contributed by atoms with E-state index >= 15 is 0 Å². The molecule has 144 valence electrons. The molecule has 1 aliphatic rings. The third-order valence-corrected chi connectivity index (χ3v) is 5.81. The molecule has 0 saturated heterocycles. The molecule has 1 unspecified atom stereocenters. The van der Waals surface area contributed by atoms with E-state index in [9.17, 15) is 9.59 Å². The van der Waals surface area contributed by atoms with Crippen LogP contribution in [-0.2, 0) is 22.4 Å². The average Bonchev–Trinajstić information content (AvgIpc) is 2.99. The highest BCUT2D eigenvalue weighted by Crippen LogP contribution is 2.38. The van der Waals surface area contributed by atoms with Crippen LogP contribution in [0.4, 0.5) is 5.00 Å². The van der Waals surface area contributed by atoms with E-state index in [-0.39, 0.29) is 11.9 Å². The monoisotopic (exact) mass is 407 g/mol. The maximum atomic E-state index is 12.6. The van der Waals surface area contributed by atoms with Crippen LogP contribution in [0.1, 0.15) is 47.5 Å². The van der Waals surface area contributed by atoms with Gasteiger partial charge < -0.3 is 14.8 Å². The Balaban J connectivity index is 1.78. The summed E-state index contributed by atoms with van der Waals surface area (Å²) in [6.45, 7) is 3.73. The maximum absolute atomic E-state index is 12.6. The number of amides is 1. The number of benzene rings is 1. The minimum atomic E-state index is -0.738. The smallest absolute Gasteiger partial charge is 0.341 e. The number of halogens is 1. The lowest BCUT2D eigenvalue weighted by Crippen LogP contribution is -2.30. The summed E-state index contributed by atoms with van der Waals surface area (Å²) in [6.07, 6.45) is 3.16. The highest BCUT2D eigenvalue weighted by atomic mass is 35.5. The third kappa shape index (κ3) is 4.62. The van der Waals surface area contributed by atoms with Crippen molar-refractivity contribution < 1.29 is 19.1 Å². The van der Waals surface area contributed by atoms with E-state index in [1.165, 1.54) is 11.3 Å². The molecule has 1 aliphatic carbocycles. The van der Waals surface area contributed by atoms with E-state index in [2.05, 4.69) is 5.32 Å². The van der Waals surface area contributed by atoms with E-state index in [4.69, 9.17) is 21.1 Å². The Kier molecular flexibility index (Phi) is 6.39. The molecule has 0 saturated carbocycles. The van der Waals surface area contributed by atoms with Crippen molar-refractivity contribution in [2.45, 2.75) is 45.6 Å². The Morgan fingerprint density at radius 1 is 1.30 bits per heavy atom. The van der Waals surface area contributed by atoms with Crippen molar-refractivity contribution in [3.63, 3.8) is 0 Å². The first-order valence-corrected chi connectivity index (χ1v) is 10.2. The second-order valence-corrected chi connectivity index (χ2v) is 7.88. The summed E-state index contributed by atoms with van der Waals surface area (Å²) in [7, 11) is 0. The summed E-state index contributed by atoms with van der Waals surface area (Å²) in [4.78, 5) is 26.3. The van der Waals surface area contributed by atoms with Gasteiger partial charge in [0.05, 0.1) is 12.2 Å². The van der Waals surface area contributed by atoms with Crippen LogP contribution in [0.5, 0.6) is 5.75 Å². The van der Waals surface area contributed by atoms with Crippen LogP contribution in [0.2, 0.25) is 5.02 Å². The van der Waals surface area contributed by atoms with Gasteiger partial charge in [-0.2, -0.15) is 0 Å². The van der Waals surface area contributed by atoms with Crippen LogP contribution in [0.3, 0.4) is 0 Å².